The van der Waals surface area contributed by atoms with Gasteiger partial charge < -0.3 is 15.8 Å². The number of hydrogen-bond acceptors (Lipinski definition) is 3. The van der Waals surface area contributed by atoms with Crippen LogP contribution in [0.3, 0.4) is 0 Å². The van der Waals surface area contributed by atoms with Crippen molar-refractivity contribution in [1.29, 1.82) is 0 Å². The van der Waals surface area contributed by atoms with Crippen molar-refractivity contribution in [3.63, 3.8) is 0 Å². The first-order chi connectivity index (χ1) is 8.47. The summed E-state index contributed by atoms with van der Waals surface area (Å²) in [5.74, 6) is 1.19. The molecule has 1 atom stereocenters. The Bertz CT molecular complexity index is 469. The fourth-order valence-electron chi connectivity index (χ4n) is 1.86. The molecule has 0 spiro atoms. The first-order valence-electron chi connectivity index (χ1n) is 6.36. The number of ether oxygens (including phenoxy) is 1. The van der Waals surface area contributed by atoms with E-state index in [1.807, 2.05) is 13.0 Å². The van der Waals surface area contributed by atoms with Gasteiger partial charge in [-0.25, -0.2) is 0 Å². The highest BCUT2D eigenvalue weighted by Gasteiger charge is 2.18. The number of fused-ring (bicyclic) bond motifs is 1. The van der Waals surface area contributed by atoms with Gasteiger partial charge in [0.05, 0.1) is 11.8 Å². The second-order valence-electron chi connectivity index (χ2n) is 5.16. The molecule has 1 unspecified atom stereocenters. The average Bonchev–Trinajstić information content (AvgIpc) is 2.30. The van der Waals surface area contributed by atoms with Crippen LogP contribution in [0, 0.1) is 5.92 Å². The van der Waals surface area contributed by atoms with Crippen molar-refractivity contribution in [1.82, 2.24) is 0 Å². The standard InChI is InChI=1S/C14H20N2O2/c1-8(2)9(3)18-13-6-10-4-5-14(17)16-12(10)7-11(13)15/h6-9H,4-5,15H2,1-3H3,(H,16,17). The van der Waals surface area contributed by atoms with Crippen LogP contribution >= 0.6 is 0 Å². The van der Waals surface area contributed by atoms with Gasteiger partial charge in [-0.3, -0.25) is 4.79 Å². The number of nitrogens with two attached hydrogens (primary N) is 1. The lowest BCUT2D eigenvalue weighted by Crippen LogP contribution is -2.21. The summed E-state index contributed by atoms with van der Waals surface area (Å²) in [6, 6.07) is 3.73. The minimum atomic E-state index is 0.0473. The highest BCUT2D eigenvalue weighted by atomic mass is 16.5. The maximum atomic E-state index is 11.3. The normalized spacial score (nSPS) is 16.1. The molecule has 4 heteroatoms. The van der Waals surface area contributed by atoms with E-state index in [-0.39, 0.29) is 12.0 Å². The predicted molar refractivity (Wildman–Crippen MR) is 72.7 cm³/mol. The first-order valence-corrected chi connectivity index (χ1v) is 6.36. The molecule has 1 aliphatic heterocycles. The van der Waals surface area contributed by atoms with E-state index in [1.165, 1.54) is 0 Å². The number of carbonyl (C=O) groups is 1. The topological polar surface area (TPSA) is 64.3 Å². The van der Waals surface area contributed by atoms with Gasteiger partial charge in [-0.1, -0.05) is 13.8 Å². The summed E-state index contributed by atoms with van der Waals surface area (Å²) in [5, 5.41) is 2.83. The van der Waals surface area contributed by atoms with Crippen molar-refractivity contribution < 1.29 is 9.53 Å². The molecule has 1 heterocycles. The van der Waals surface area contributed by atoms with Gasteiger partial charge >= 0.3 is 0 Å². The molecule has 0 aromatic heterocycles. The van der Waals surface area contributed by atoms with E-state index in [0.717, 1.165) is 17.7 Å². The molecule has 3 N–H and O–H groups in total. The van der Waals surface area contributed by atoms with Gasteiger partial charge in [0.2, 0.25) is 5.91 Å². The molecule has 1 aromatic carbocycles. The van der Waals surface area contributed by atoms with Crippen LogP contribution in [0.25, 0.3) is 0 Å². The third-order valence-corrected chi connectivity index (χ3v) is 3.38. The van der Waals surface area contributed by atoms with E-state index in [4.69, 9.17) is 10.5 Å². The van der Waals surface area contributed by atoms with Gasteiger partial charge in [0, 0.05) is 12.1 Å². The Balaban J connectivity index is 2.25. The van der Waals surface area contributed by atoms with Crippen LogP contribution < -0.4 is 15.8 Å². The van der Waals surface area contributed by atoms with Crippen LogP contribution in [0.4, 0.5) is 11.4 Å². The molecule has 1 aliphatic rings. The summed E-state index contributed by atoms with van der Waals surface area (Å²) in [5.41, 5.74) is 8.44. The van der Waals surface area contributed by atoms with Gasteiger partial charge in [-0.05, 0) is 37.0 Å². The number of nitrogen functional groups attached to an aromatic ring is 1. The van der Waals surface area contributed by atoms with E-state index in [2.05, 4.69) is 19.2 Å². The Kier molecular flexibility index (Phi) is 3.45. The Labute approximate surface area is 108 Å². The maximum Gasteiger partial charge on any atom is 0.224 e. The van der Waals surface area contributed by atoms with Gasteiger partial charge in [-0.15, -0.1) is 0 Å². The van der Waals surface area contributed by atoms with Crippen LogP contribution in [0.15, 0.2) is 12.1 Å². The zero-order chi connectivity index (χ0) is 13.3. The summed E-state index contributed by atoms with van der Waals surface area (Å²) in [4.78, 5) is 11.3. The SMILES string of the molecule is CC(C)C(C)Oc1cc2c(cc1N)NC(=O)CC2. The number of nitrogens with one attached hydrogen (secondary N) is 1. The van der Waals surface area contributed by atoms with Gasteiger partial charge in [0.1, 0.15) is 5.75 Å². The van der Waals surface area contributed by atoms with E-state index in [0.29, 0.717) is 23.8 Å². The van der Waals surface area contributed by atoms with E-state index in [9.17, 15) is 4.79 Å². The molecule has 18 heavy (non-hydrogen) atoms. The minimum absolute atomic E-state index is 0.0473. The Morgan fingerprint density at radius 1 is 1.28 bits per heavy atom. The van der Waals surface area contributed by atoms with Gasteiger partial charge in [0.15, 0.2) is 0 Å². The fourth-order valence-corrected chi connectivity index (χ4v) is 1.86. The second-order valence-corrected chi connectivity index (χ2v) is 5.16. The Morgan fingerprint density at radius 3 is 2.67 bits per heavy atom. The Hall–Kier alpha value is -1.71. The van der Waals surface area contributed by atoms with E-state index >= 15 is 0 Å². The minimum Gasteiger partial charge on any atom is -0.488 e. The summed E-state index contributed by atoms with van der Waals surface area (Å²) in [6.45, 7) is 6.25. The average molecular weight is 248 g/mol. The molecular formula is C14H20N2O2. The molecule has 0 saturated heterocycles. The van der Waals surface area contributed by atoms with Gasteiger partial charge in [0.25, 0.3) is 0 Å². The Morgan fingerprint density at radius 2 is 2.00 bits per heavy atom. The lowest BCUT2D eigenvalue weighted by atomic mass is 10.0. The quantitative estimate of drug-likeness (QED) is 0.808. The number of aryl methyl sites for hydroxylation is 1. The van der Waals surface area contributed by atoms with Crippen molar-refractivity contribution in [3.05, 3.63) is 17.7 Å². The molecule has 0 fully saturated rings. The van der Waals surface area contributed by atoms with Gasteiger partial charge in [-0.2, -0.15) is 0 Å². The molecule has 98 valence electrons. The zero-order valence-corrected chi connectivity index (χ0v) is 11.1. The third-order valence-electron chi connectivity index (χ3n) is 3.38. The lowest BCUT2D eigenvalue weighted by molar-refractivity contribution is -0.116. The van der Waals surface area contributed by atoms with Crippen molar-refractivity contribution in [3.8, 4) is 5.75 Å². The molecule has 0 radical (unpaired) electrons. The second kappa shape index (κ2) is 4.88. The van der Waals surface area contributed by atoms with Crippen molar-refractivity contribution in [2.45, 2.75) is 39.7 Å². The first kappa shape index (κ1) is 12.7. The predicted octanol–water partition coefficient (Wildman–Crippen LogP) is 2.58. The van der Waals surface area contributed by atoms with Crippen molar-refractivity contribution in [2.24, 2.45) is 5.92 Å². The fraction of sp³-hybridized carbons (Fsp3) is 0.500. The molecular weight excluding hydrogens is 228 g/mol. The maximum absolute atomic E-state index is 11.3. The molecule has 0 bridgehead atoms. The molecule has 2 rings (SSSR count). The number of carbonyl (C=O) groups excluding carboxylic acids is 1. The van der Waals surface area contributed by atoms with Crippen LogP contribution in [0.2, 0.25) is 0 Å². The smallest absolute Gasteiger partial charge is 0.224 e. The third kappa shape index (κ3) is 2.58. The number of hydrogen-bond donors (Lipinski definition) is 2. The zero-order valence-electron chi connectivity index (χ0n) is 11.1. The molecule has 4 nitrogen and oxygen atoms in total. The lowest BCUT2D eigenvalue weighted by Gasteiger charge is -2.23. The van der Waals surface area contributed by atoms with Crippen LogP contribution in [-0.4, -0.2) is 12.0 Å². The van der Waals surface area contributed by atoms with Crippen LogP contribution in [0.1, 0.15) is 32.8 Å². The van der Waals surface area contributed by atoms with Crippen LogP contribution in [0.5, 0.6) is 5.75 Å². The summed E-state index contributed by atoms with van der Waals surface area (Å²) in [6.07, 6.45) is 1.38. The highest BCUT2D eigenvalue weighted by molar-refractivity contribution is 5.94. The largest absolute Gasteiger partial charge is 0.488 e. The van der Waals surface area contributed by atoms with E-state index < -0.39 is 0 Å². The molecule has 1 amide bonds. The number of amides is 1. The molecule has 0 aliphatic carbocycles. The number of anilines is 2. The van der Waals surface area contributed by atoms with E-state index in [1.54, 1.807) is 6.07 Å². The van der Waals surface area contributed by atoms with Crippen LogP contribution in [-0.2, 0) is 11.2 Å². The summed E-state index contributed by atoms with van der Waals surface area (Å²) in [7, 11) is 0. The number of rotatable bonds is 3. The highest BCUT2D eigenvalue weighted by Crippen LogP contribution is 2.33. The summed E-state index contributed by atoms with van der Waals surface area (Å²) >= 11 is 0. The summed E-state index contributed by atoms with van der Waals surface area (Å²) < 4.78 is 5.86. The number of benzene rings is 1. The van der Waals surface area contributed by atoms with Crippen molar-refractivity contribution >= 4 is 17.3 Å². The van der Waals surface area contributed by atoms with Crippen molar-refractivity contribution in [2.75, 3.05) is 11.1 Å². The molecule has 1 aromatic rings. The monoisotopic (exact) mass is 248 g/mol. The molecule has 0 saturated carbocycles.